The molecule has 0 heterocycles. The summed E-state index contributed by atoms with van der Waals surface area (Å²) >= 11 is 0. The minimum absolute atomic E-state index is 0.139. The van der Waals surface area contributed by atoms with Gasteiger partial charge >= 0.3 is 0 Å². The fourth-order valence-electron chi connectivity index (χ4n) is 2.85. The third-order valence-corrected chi connectivity index (χ3v) is 4.28. The van der Waals surface area contributed by atoms with Gasteiger partial charge < -0.3 is 20.1 Å². The molecule has 1 aromatic carbocycles. The van der Waals surface area contributed by atoms with E-state index in [-0.39, 0.29) is 5.75 Å². The molecular formula is C20H34O4. The van der Waals surface area contributed by atoms with Crippen LogP contribution in [0.1, 0.15) is 70.8 Å². The molecule has 24 heavy (non-hydrogen) atoms. The van der Waals surface area contributed by atoms with Crippen molar-refractivity contribution in [3.05, 3.63) is 23.8 Å². The van der Waals surface area contributed by atoms with Crippen LogP contribution in [0.2, 0.25) is 0 Å². The van der Waals surface area contributed by atoms with Crippen LogP contribution < -0.4 is 4.74 Å². The third-order valence-electron chi connectivity index (χ3n) is 4.28. The van der Waals surface area contributed by atoms with Crippen molar-refractivity contribution in [1.82, 2.24) is 0 Å². The standard InChI is InChI=1S/C20H34O4/c1-3-5-6-7-8-9-17(21)15-18(22)12-10-16-11-13-19(23)20(14-16)24-4-2/h11,13-14,17-18,21-23H,3-10,12,15H2,1-2H3. The van der Waals surface area contributed by atoms with Crippen LogP contribution in [-0.4, -0.2) is 34.1 Å². The molecule has 1 aromatic rings. The van der Waals surface area contributed by atoms with Gasteiger partial charge in [-0.25, -0.2) is 0 Å². The van der Waals surface area contributed by atoms with Gasteiger partial charge in [0.2, 0.25) is 0 Å². The van der Waals surface area contributed by atoms with Crippen LogP contribution in [-0.2, 0) is 6.42 Å². The molecule has 0 amide bonds. The summed E-state index contributed by atoms with van der Waals surface area (Å²) in [4.78, 5) is 0. The molecule has 0 aliphatic carbocycles. The van der Waals surface area contributed by atoms with Crippen LogP contribution in [0.3, 0.4) is 0 Å². The molecule has 4 nitrogen and oxygen atoms in total. The lowest BCUT2D eigenvalue weighted by Gasteiger charge is -2.16. The number of hydrogen-bond acceptors (Lipinski definition) is 4. The Morgan fingerprint density at radius 3 is 2.38 bits per heavy atom. The topological polar surface area (TPSA) is 69.9 Å². The Morgan fingerprint density at radius 2 is 1.67 bits per heavy atom. The van der Waals surface area contributed by atoms with Gasteiger partial charge in [0.05, 0.1) is 18.8 Å². The summed E-state index contributed by atoms with van der Waals surface area (Å²) in [5.41, 5.74) is 1.02. The minimum Gasteiger partial charge on any atom is -0.504 e. The van der Waals surface area contributed by atoms with E-state index in [0.717, 1.165) is 24.8 Å². The molecule has 3 N–H and O–H groups in total. The number of unbranched alkanes of at least 4 members (excludes halogenated alkanes) is 4. The normalized spacial score (nSPS) is 13.7. The average Bonchev–Trinajstić information content (AvgIpc) is 2.55. The summed E-state index contributed by atoms with van der Waals surface area (Å²) in [7, 11) is 0. The van der Waals surface area contributed by atoms with Crippen molar-refractivity contribution < 1.29 is 20.1 Å². The van der Waals surface area contributed by atoms with Crippen LogP contribution in [0.4, 0.5) is 0 Å². The first-order chi connectivity index (χ1) is 11.6. The monoisotopic (exact) mass is 338 g/mol. The molecule has 0 aromatic heterocycles. The summed E-state index contributed by atoms with van der Waals surface area (Å²) < 4.78 is 5.37. The van der Waals surface area contributed by atoms with E-state index in [1.165, 1.54) is 19.3 Å². The highest BCUT2D eigenvalue weighted by Gasteiger charge is 2.12. The molecule has 4 heteroatoms. The summed E-state index contributed by atoms with van der Waals surface area (Å²) in [5.74, 6) is 0.622. The number of benzene rings is 1. The van der Waals surface area contributed by atoms with Crippen molar-refractivity contribution in [3.8, 4) is 11.5 Å². The van der Waals surface area contributed by atoms with Gasteiger partial charge in [0, 0.05) is 0 Å². The van der Waals surface area contributed by atoms with E-state index in [1.54, 1.807) is 6.07 Å². The first-order valence-electron chi connectivity index (χ1n) is 9.37. The molecule has 2 atom stereocenters. The molecule has 0 saturated heterocycles. The van der Waals surface area contributed by atoms with E-state index in [9.17, 15) is 15.3 Å². The predicted molar refractivity (Wildman–Crippen MR) is 97.6 cm³/mol. The molecule has 0 aliphatic rings. The molecule has 0 aliphatic heterocycles. The number of rotatable bonds is 13. The number of phenols is 1. The molecular weight excluding hydrogens is 304 g/mol. The first-order valence-corrected chi connectivity index (χ1v) is 9.37. The predicted octanol–water partition coefficient (Wildman–Crippen LogP) is 4.20. The highest BCUT2D eigenvalue weighted by atomic mass is 16.5. The SMILES string of the molecule is CCCCCCCC(O)CC(O)CCc1ccc(O)c(OCC)c1. The van der Waals surface area contributed by atoms with Crippen LogP contribution in [0.15, 0.2) is 18.2 Å². The Labute approximate surface area is 146 Å². The van der Waals surface area contributed by atoms with Crippen LogP contribution in [0, 0.1) is 0 Å². The van der Waals surface area contributed by atoms with Crippen LogP contribution in [0.5, 0.6) is 11.5 Å². The second-order valence-corrected chi connectivity index (χ2v) is 6.52. The lowest BCUT2D eigenvalue weighted by molar-refractivity contribution is 0.0697. The van der Waals surface area contributed by atoms with Gasteiger partial charge in [0.1, 0.15) is 0 Å². The fourth-order valence-corrected chi connectivity index (χ4v) is 2.85. The van der Waals surface area contributed by atoms with E-state index < -0.39 is 12.2 Å². The number of aliphatic hydroxyl groups is 2. The average molecular weight is 338 g/mol. The highest BCUT2D eigenvalue weighted by molar-refractivity contribution is 5.41. The Kier molecular flexibility index (Phi) is 10.5. The third kappa shape index (κ3) is 8.55. The molecule has 1 rings (SSSR count). The van der Waals surface area contributed by atoms with Crippen molar-refractivity contribution >= 4 is 0 Å². The second kappa shape index (κ2) is 12.2. The fraction of sp³-hybridized carbons (Fsp3) is 0.700. The van der Waals surface area contributed by atoms with E-state index in [1.807, 2.05) is 19.1 Å². The minimum atomic E-state index is -0.500. The zero-order valence-electron chi connectivity index (χ0n) is 15.2. The van der Waals surface area contributed by atoms with Gasteiger partial charge in [-0.1, -0.05) is 45.1 Å². The van der Waals surface area contributed by atoms with Gasteiger partial charge in [0.25, 0.3) is 0 Å². The van der Waals surface area contributed by atoms with Gasteiger partial charge in [-0.05, 0) is 50.3 Å². The maximum atomic E-state index is 10.1. The number of aromatic hydroxyl groups is 1. The first kappa shape index (κ1) is 20.8. The Balaban J connectivity index is 2.27. The summed E-state index contributed by atoms with van der Waals surface area (Å²) in [5, 5.41) is 29.8. The molecule has 0 spiro atoms. The highest BCUT2D eigenvalue weighted by Crippen LogP contribution is 2.27. The van der Waals surface area contributed by atoms with Crippen molar-refractivity contribution in [2.75, 3.05) is 6.61 Å². The molecule has 2 unspecified atom stereocenters. The molecule has 0 fully saturated rings. The quantitative estimate of drug-likeness (QED) is 0.472. The number of aryl methyl sites for hydroxylation is 1. The van der Waals surface area contributed by atoms with Gasteiger partial charge in [-0.3, -0.25) is 0 Å². The van der Waals surface area contributed by atoms with Crippen LogP contribution >= 0.6 is 0 Å². The van der Waals surface area contributed by atoms with Gasteiger partial charge in [-0.15, -0.1) is 0 Å². The van der Waals surface area contributed by atoms with Crippen molar-refractivity contribution in [2.24, 2.45) is 0 Å². The summed E-state index contributed by atoms with van der Waals surface area (Å²) in [6.45, 7) is 4.57. The van der Waals surface area contributed by atoms with Crippen molar-refractivity contribution in [2.45, 2.75) is 83.8 Å². The van der Waals surface area contributed by atoms with Gasteiger partial charge in [-0.2, -0.15) is 0 Å². The Morgan fingerprint density at radius 1 is 0.958 bits per heavy atom. The summed E-state index contributed by atoms with van der Waals surface area (Å²) in [6, 6.07) is 5.28. The number of hydrogen-bond donors (Lipinski definition) is 3. The second-order valence-electron chi connectivity index (χ2n) is 6.52. The van der Waals surface area contributed by atoms with Crippen molar-refractivity contribution in [1.29, 1.82) is 0 Å². The van der Waals surface area contributed by atoms with Crippen LogP contribution in [0.25, 0.3) is 0 Å². The lowest BCUT2D eigenvalue weighted by Crippen LogP contribution is -2.18. The molecule has 138 valence electrons. The molecule has 0 radical (unpaired) electrons. The van der Waals surface area contributed by atoms with E-state index in [4.69, 9.17) is 4.74 Å². The maximum Gasteiger partial charge on any atom is 0.161 e. The van der Waals surface area contributed by atoms with E-state index in [2.05, 4.69) is 6.92 Å². The number of ether oxygens (including phenoxy) is 1. The van der Waals surface area contributed by atoms with E-state index >= 15 is 0 Å². The largest absolute Gasteiger partial charge is 0.504 e. The zero-order valence-corrected chi connectivity index (χ0v) is 15.2. The number of aliphatic hydroxyl groups excluding tert-OH is 2. The Hall–Kier alpha value is -1.26. The van der Waals surface area contributed by atoms with E-state index in [0.29, 0.717) is 31.6 Å². The Bertz CT molecular complexity index is 447. The molecule has 0 saturated carbocycles. The summed E-state index contributed by atoms with van der Waals surface area (Å²) in [6.07, 6.45) is 7.50. The lowest BCUT2D eigenvalue weighted by atomic mass is 9.99. The number of phenolic OH excluding ortho intramolecular Hbond substituents is 1. The molecule has 0 bridgehead atoms. The van der Waals surface area contributed by atoms with Gasteiger partial charge in [0.15, 0.2) is 11.5 Å². The van der Waals surface area contributed by atoms with Crippen molar-refractivity contribution in [3.63, 3.8) is 0 Å². The zero-order chi connectivity index (χ0) is 17.8. The smallest absolute Gasteiger partial charge is 0.161 e. The maximum absolute atomic E-state index is 10.1.